The largest absolute Gasteiger partial charge is 0.373 e. The van der Waals surface area contributed by atoms with Crippen molar-refractivity contribution in [3.8, 4) is 0 Å². The Kier molecular flexibility index (Phi) is 6.19. The maximum absolute atomic E-state index is 14.3. The molecule has 0 aliphatic heterocycles. The van der Waals surface area contributed by atoms with Gasteiger partial charge in [-0.25, -0.2) is 4.39 Å². The van der Waals surface area contributed by atoms with Crippen molar-refractivity contribution < 1.29 is 9.13 Å². The van der Waals surface area contributed by atoms with Crippen LogP contribution in [0.3, 0.4) is 0 Å². The maximum Gasteiger partial charge on any atom is 0.128 e. The summed E-state index contributed by atoms with van der Waals surface area (Å²) in [5, 5.41) is 3.50. The van der Waals surface area contributed by atoms with E-state index in [1.165, 1.54) is 12.8 Å². The van der Waals surface area contributed by atoms with Crippen molar-refractivity contribution >= 4 is 0 Å². The Morgan fingerprint density at radius 1 is 1.14 bits per heavy atom. The van der Waals surface area contributed by atoms with Gasteiger partial charge in [0.15, 0.2) is 0 Å². The fourth-order valence-corrected chi connectivity index (χ4v) is 3.62. The van der Waals surface area contributed by atoms with Gasteiger partial charge in [-0.15, -0.1) is 0 Å². The second-order valence-corrected chi connectivity index (χ2v) is 5.92. The van der Waals surface area contributed by atoms with Crippen LogP contribution in [0.5, 0.6) is 0 Å². The molecule has 0 radical (unpaired) electrons. The lowest BCUT2D eigenvalue weighted by Crippen LogP contribution is -2.46. The Bertz CT molecular complexity index is 427. The van der Waals surface area contributed by atoms with Crippen molar-refractivity contribution in [3.63, 3.8) is 0 Å². The molecule has 2 rings (SSSR count). The topological polar surface area (TPSA) is 21.3 Å². The molecule has 0 spiro atoms. The molecule has 118 valence electrons. The summed E-state index contributed by atoms with van der Waals surface area (Å²) in [4.78, 5) is 0. The van der Waals surface area contributed by atoms with Gasteiger partial charge in [-0.2, -0.15) is 0 Å². The van der Waals surface area contributed by atoms with Crippen molar-refractivity contribution in [2.24, 2.45) is 0 Å². The van der Waals surface area contributed by atoms with Gasteiger partial charge in [-0.05, 0) is 32.4 Å². The number of benzene rings is 1. The third-order valence-electron chi connectivity index (χ3n) is 4.53. The van der Waals surface area contributed by atoms with E-state index in [0.29, 0.717) is 6.61 Å². The van der Waals surface area contributed by atoms with E-state index in [1.54, 1.807) is 12.1 Å². The molecular weight excluding hydrogens is 265 g/mol. The average Bonchev–Trinajstić information content (AvgIpc) is 2.73. The van der Waals surface area contributed by atoms with Crippen LogP contribution < -0.4 is 5.32 Å². The molecule has 2 nitrogen and oxygen atoms in total. The predicted molar refractivity (Wildman–Crippen MR) is 84.9 cm³/mol. The predicted octanol–water partition coefficient (Wildman–Crippen LogP) is 4.61. The Hall–Kier alpha value is -0.930. The number of ether oxygens (including phenoxy) is 1. The summed E-state index contributed by atoms with van der Waals surface area (Å²) in [6.07, 6.45) is 6.85. The summed E-state index contributed by atoms with van der Waals surface area (Å²) in [6, 6.07) is 7.05. The molecule has 1 aliphatic carbocycles. The summed E-state index contributed by atoms with van der Waals surface area (Å²) >= 11 is 0. The zero-order valence-corrected chi connectivity index (χ0v) is 13.3. The Balaban J connectivity index is 2.38. The molecule has 1 atom stereocenters. The Morgan fingerprint density at radius 3 is 2.38 bits per heavy atom. The molecule has 0 heterocycles. The highest BCUT2D eigenvalue weighted by molar-refractivity contribution is 5.24. The SMILES string of the molecule is CCNC(c1ccccc1F)C1(OCC)CCCCCC1. The lowest BCUT2D eigenvalue weighted by Gasteiger charge is -2.41. The molecule has 1 aliphatic rings. The van der Waals surface area contributed by atoms with E-state index in [1.807, 2.05) is 19.1 Å². The Labute approximate surface area is 128 Å². The van der Waals surface area contributed by atoms with Crippen LogP contribution in [0.25, 0.3) is 0 Å². The van der Waals surface area contributed by atoms with E-state index in [2.05, 4.69) is 12.2 Å². The first-order valence-corrected chi connectivity index (χ1v) is 8.35. The molecule has 0 bridgehead atoms. The molecule has 1 unspecified atom stereocenters. The summed E-state index contributed by atoms with van der Waals surface area (Å²) in [5.41, 5.74) is 0.471. The van der Waals surface area contributed by atoms with E-state index >= 15 is 0 Å². The van der Waals surface area contributed by atoms with Crippen LogP contribution in [0.2, 0.25) is 0 Å². The van der Waals surface area contributed by atoms with Crippen LogP contribution in [0.15, 0.2) is 24.3 Å². The van der Waals surface area contributed by atoms with Gasteiger partial charge >= 0.3 is 0 Å². The lowest BCUT2D eigenvalue weighted by atomic mass is 9.81. The molecule has 1 saturated carbocycles. The highest BCUT2D eigenvalue weighted by atomic mass is 19.1. The summed E-state index contributed by atoms with van der Waals surface area (Å²) in [7, 11) is 0. The summed E-state index contributed by atoms with van der Waals surface area (Å²) in [6.45, 7) is 5.60. The molecule has 0 aromatic heterocycles. The number of nitrogens with one attached hydrogen (secondary N) is 1. The third-order valence-corrected chi connectivity index (χ3v) is 4.53. The van der Waals surface area contributed by atoms with Crippen LogP contribution in [-0.2, 0) is 4.74 Å². The van der Waals surface area contributed by atoms with Gasteiger partial charge in [-0.3, -0.25) is 0 Å². The standard InChI is InChI=1S/C18H28FNO/c1-3-20-17(15-11-7-8-12-16(15)19)18(21-4-2)13-9-5-6-10-14-18/h7-8,11-12,17,20H,3-6,9-10,13-14H2,1-2H3. The van der Waals surface area contributed by atoms with Gasteiger partial charge in [0.1, 0.15) is 5.82 Å². The molecule has 1 aromatic rings. The highest BCUT2D eigenvalue weighted by Crippen LogP contribution is 2.41. The smallest absolute Gasteiger partial charge is 0.128 e. The van der Waals surface area contributed by atoms with Crippen LogP contribution >= 0.6 is 0 Å². The molecule has 0 saturated heterocycles. The molecular formula is C18H28FNO. The van der Waals surface area contributed by atoms with Crippen molar-refractivity contribution in [2.45, 2.75) is 64.0 Å². The van der Waals surface area contributed by atoms with E-state index in [4.69, 9.17) is 4.74 Å². The molecule has 21 heavy (non-hydrogen) atoms. The number of likely N-dealkylation sites (N-methyl/N-ethyl adjacent to an activating group) is 1. The average molecular weight is 293 g/mol. The van der Waals surface area contributed by atoms with Crippen LogP contribution in [0.4, 0.5) is 4.39 Å². The first-order chi connectivity index (χ1) is 10.2. The van der Waals surface area contributed by atoms with Gasteiger partial charge in [0.05, 0.1) is 11.6 Å². The van der Waals surface area contributed by atoms with Crippen molar-refractivity contribution in [2.75, 3.05) is 13.2 Å². The number of rotatable bonds is 6. The fourth-order valence-electron chi connectivity index (χ4n) is 3.62. The van der Waals surface area contributed by atoms with Crippen molar-refractivity contribution in [3.05, 3.63) is 35.6 Å². The molecule has 3 heteroatoms. The maximum atomic E-state index is 14.3. The summed E-state index contributed by atoms with van der Waals surface area (Å²) in [5.74, 6) is -0.133. The quantitative estimate of drug-likeness (QED) is 0.774. The molecule has 1 fully saturated rings. The minimum atomic E-state index is -0.274. The first kappa shape index (κ1) is 16.4. The van der Waals surface area contributed by atoms with Gasteiger partial charge < -0.3 is 10.1 Å². The monoisotopic (exact) mass is 293 g/mol. The van der Waals surface area contributed by atoms with Crippen LogP contribution in [0.1, 0.15) is 64.0 Å². The molecule has 0 amide bonds. The van der Waals surface area contributed by atoms with Crippen molar-refractivity contribution in [1.29, 1.82) is 0 Å². The van der Waals surface area contributed by atoms with Gasteiger partial charge in [0, 0.05) is 12.2 Å². The lowest BCUT2D eigenvalue weighted by molar-refractivity contribution is -0.0785. The van der Waals surface area contributed by atoms with Gasteiger partial charge in [-0.1, -0.05) is 50.8 Å². The molecule has 1 N–H and O–H groups in total. The Morgan fingerprint density at radius 2 is 1.81 bits per heavy atom. The molecule has 1 aromatic carbocycles. The minimum Gasteiger partial charge on any atom is -0.373 e. The normalized spacial score (nSPS) is 20.0. The zero-order valence-electron chi connectivity index (χ0n) is 13.3. The fraction of sp³-hybridized carbons (Fsp3) is 0.667. The minimum absolute atomic E-state index is 0.0678. The second kappa shape index (κ2) is 7.90. The first-order valence-electron chi connectivity index (χ1n) is 8.35. The number of halogens is 1. The van der Waals surface area contributed by atoms with E-state index < -0.39 is 0 Å². The number of hydrogen-bond acceptors (Lipinski definition) is 2. The van der Waals surface area contributed by atoms with Gasteiger partial charge in [0.2, 0.25) is 0 Å². The number of hydrogen-bond donors (Lipinski definition) is 1. The van der Waals surface area contributed by atoms with Crippen molar-refractivity contribution in [1.82, 2.24) is 5.32 Å². The van der Waals surface area contributed by atoms with Crippen LogP contribution in [0, 0.1) is 5.82 Å². The second-order valence-electron chi connectivity index (χ2n) is 5.92. The summed E-state index contributed by atoms with van der Waals surface area (Å²) < 4.78 is 20.6. The third kappa shape index (κ3) is 3.83. The van der Waals surface area contributed by atoms with Gasteiger partial charge in [0.25, 0.3) is 0 Å². The van der Waals surface area contributed by atoms with E-state index in [9.17, 15) is 4.39 Å². The van der Waals surface area contributed by atoms with Crippen LogP contribution in [-0.4, -0.2) is 18.8 Å². The van der Waals surface area contributed by atoms with E-state index in [0.717, 1.165) is 37.8 Å². The highest BCUT2D eigenvalue weighted by Gasteiger charge is 2.41. The van der Waals surface area contributed by atoms with E-state index in [-0.39, 0.29) is 17.5 Å². The zero-order chi connectivity index (χ0) is 15.1.